The minimum atomic E-state index is 0.0146. The fraction of sp³-hybridized carbons (Fsp3) is 0.391. The van der Waals surface area contributed by atoms with Gasteiger partial charge in [-0.2, -0.15) is 0 Å². The van der Waals surface area contributed by atoms with Gasteiger partial charge in [-0.05, 0) is 55.5 Å². The van der Waals surface area contributed by atoms with Gasteiger partial charge >= 0.3 is 0 Å². The molecule has 0 spiro atoms. The molecular weight excluding hydrogens is 350 g/mol. The van der Waals surface area contributed by atoms with Crippen LogP contribution in [0, 0.1) is 0 Å². The minimum absolute atomic E-state index is 0.0146. The highest BCUT2D eigenvalue weighted by molar-refractivity contribution is 5.94. The number of hydrogen-bond acceptors (Lipinski definition) is 3. The van der Waals surface area contributed by atoms with Crippen LogP contribution in [-0.2, 0) is 17.8 Å². The van der Waals surface area contributed by atoms with Gasteiger partial charge in [-0.1, -0.05) is 30.3 Å². The van der Waals surface area contributed by atoms with Crippen molar-refractivity contribution in [3.05, 3.63) is 65.2 Å². The smallest absolute Gasteiger partial charge is 0.253 e. The van der Waals surface area contributed by atoms with Gasteiger partial charge in [0.05, 0.1) is 6.54 Å². The summed E-state index contributed by atoms with van der Waals surface area (Å²) in [5.41, 5.74) is 4.19. The van der Waals surface area contributed by atoms with Gasteiger partial charge in [-0.3, -0.25) is 9.59 Å². The van der Waals surface area contributed by atoms with E-state index in [1.165, 1.54) is 5.56 Å². The summed E-state index contributed by atoms with van der Waals surface area (Å²) in [5, 5.41) is 3.01. The van der Waals surface area contributed by atoms with E-state index in [1.54, 1.807) is 0 Å². The Bertz CT molecular complexity index is 856. The number of likely N-dealkylation sites (tertiary alicyclic amines) is 1. The van der Waals surface area contributed by atoms with Crippen molar-refractivity contribution in [1.82, 2.24) is 10.2 Å². The lowest BCUT2D eigenvalue weighted by molar-refractivity contribution is -0.120. The van der Waals surface area contributed by atoms with Gasteiger partial charge in [-0.15, -0.1) is 0 Å². The van der Waals surface area contributed by atoms with Crippen molar-refractivity contribution in [2.45, 2.75) is 38.8 Å². The van der Waals surface area contributed by atoms with Crippen LogP contribution in [0.15, 0.2) is 48.5 Å². The second-order valence-electron chi connectivity index (χ2n) is 7.78. The number of para-hydroxylation sites is 1. The van der Waals surface area contributed by atoms with Gasteiger partial charge < -0.3 is 15.1 Å². The third-order valence-electron chi connectivity index (χ3n) is 5.75. The summed E-state index contributed by atoms with van der Waals surface area (Å²) in [6, 6.07) is 16.2. The van der Waals surface area contributed by atoms with E-state index < -0.39 is 0 Å². The van der Waals surface area contributed by atoms with Crippen molar-refractivity contribution < 1.29 is 9.59 Å². The summed E-state index contributed by atoms with van der Waals surface area (Å²) in [6.07, 6.45) is 3.17. The first kappa shape index (κ1) is 18.5. The number of nitrogens with one attached hydrogen (secondary N) is 1. The summed E-state index contributed by atoms with van der Waals surface area (Å²) >= 11 is 0. The fourth-order valence-electron chi connectivity index (χ4n) is 4.15. The lowest BCUT2D eigenvalue weighted by Gasteiger charge is -2.24. The van der Waals surface area contributed by atoms with Crippen molar-refractivity contribution >= 4 is 17.5 Å². The number of anilines is 1. The van der Waals surface area contributed by atoms with Gasteiger partial charge in [0, 0.05) is 36.9 Å². The topological polar surface area (TPSA) is 52.7 Å². The first-order chi connectivity index (χ1) is 13.6. The molecule has 5 nitrogen and oxygen atoms in total. The number of nitrogens with zero attached hydrogens (tertiary/aromatic N) is 2. The molecule has 2 amide bonds. The Morgan fingerprint density at radius 2 is 1.75 bits per heavy atom. The van der Waals surface area contributed by atoms with Gasteiger partial charge in [0.1, 0.15) is 0 Å². The molecule has 2 aliphatic rings. The average Bonchev–Trinajstić information content (AvgIpc) is 3.35. The van der Waals surface area contributed by atoms with Crippen LogP contribution in [-0.4, -0.2) is 42.4 Å². The highest BCUT2D eigenvalue weighted by atomic mass is 16.2. The van der Waals surface area contributed by atoms with Crippen LogP contribution in [0.5, 0.6) is 0 Å². The Morgan fingerprint density at radius 1 is 1.04 bits per heavy atom. The van der Waals surface area contributed by atoms with Crippen molar-refractivity contribution in [3.8, 4) is 0 Å². The predicted molar refractivity (Wildman–Crippen MR) is 110 cm³/mol. The van der Waals surface area contributed by atoms with E-state index >= 15 is 0 Å². The summed E-state index contributed by atoms with van der Waals surface area (Å²) in [6.45, 7) is 4.71. The maximum absolute atomic E-state index is 12.5. The number of fused-ring (bicyclic) bond motifs is 1. The number of amides is 2. The molecule has 2 aliphatic heterocycles. The molecule has 1 atom stereocenters. The molecule has 1 saturated heterocycles. The quantitative estimate of drug-likeness (QED) is 0.872. The van der Waals surface area contributed by atoms with Crippen molar-refractivity contribution in [1.29, 1.82) is 0 Å². The average molecular weight is 377 g/mol. The van der Waals surface area contributed by atoms with Gasteiger partial charge in [0.25, 0.3) is 5.91 Å². The van der Waals surface area contributed by atoms with Crippen molar-refractivity contribution in [3.63, 3.8) is 0 Å². The van der Waals surface area contributed by atoms with Crippen molar-refractivity contribution in [2.24, 2.45) is 0 Å². The molecule has 0 aliphatic carbocycles. The maximum Gasteiger partial charge on any atom is 0.253 e. The highest BCUT2D eigenvalue weighted by Gasteiger charge is 2.26. The van der Waals surface area contributed by atoms with Gasteiger partial charge in [0.2, 0.25) is 5.91 Å². The monoisotopic (exact) mass is 377 g/mol. The Morgan fingerprint density at radius 3 is 2.50 bits per heavy atom. The number of carbonyl (C=O) groups excluding carboxylic acids is 2. The normalized spacial score (nSPS) is 18.2. The zero-order chi connectivity index (χ0) is 19.5. The van der Waals surface area contributed by atoms with Gasteiger partial charge in [0.15, 0.2) is 0 Å². The van der Waals surface area contributed by atoms with Crippen LogP contribution in [0.25, 0.3) is 0 Å². The van der Waals surface area contributed by atoms with Crippen molar-refractivity contribution in [2.75, 3.05) is 24.5 Å². The first-order valence-corrected chi connectivity index (χ1v) is 10.1. The second-order valence-corrected chi connectivity index (χ2v) is 7.78. The molecule has 146 valence electrons. The summed E-state index contributed by atoms with van der Waals surface area (Å²) in [4.78, 5) is 28.9. The van der Waals surface area contributed by atoms with E-state index in [9.17, 15) is 9.59 Å². The Hall–Kier alpha value is -2.82. The molecule has 1 N–H and O–H groups in total. The van der Waals surface area contributed by atoms with Crippen LogP contribution < -0.4 is 10.2 Å². The first-order valence-electron chi connectivity index (χ1n) is 10.1. The predicted octanol–water partition coefficient (Wildman–Crippen LogP) is 2.99. The molecule has 0 radical (unpaired) electrons. The zero-order valence-corrected chi connectivity index (χ0v) is 16.4. The van der Waals surface area contributed by atoms with Crippen LogP contribution in [0.2, 0.25) is 0 Å². The molecule has 0 bridgehead atoms. The molecule has 0 unspecified atom stereocenters. The van der Waals surface area contributed by atoms with Crippen LogP contribution in [0.4, 0.5) is 5.69 Å². The van der Waals surface area contributed by atoms with E-state index in [0.717, 1.165) is 49.2 Å². The third kappa shape index (κ3) is 3.88. The summed E-state index contributed by atoms with van der Waals surface area (Å²) in [5.74, 6) is 0.121. The number of benzene rings is 2. The molecule has 0 saturated carbocycles. The molecule has 1 fully saturated rings. The van der Waals surface area contributed by atoms with E-state index in [1.807, 2.05) is 41.3 Å². The number of rotatable bonds is 5. The molecule has 0 aromatic heterocycles. The SMILES string of the molecule is C[C@@H]1Cc2ccccc2N1CC(=O)NCc1ccc(C(=O)N2CCCC2)cc1. The fourth-order valence-corrected chi connectivity index (χ4v) is 4.15. The number of hydrogen-bond donors (Lipinski definition) is 1. The van der Waals surface area contributed by atoms with E-state index in [-0.39, 0.29) is 11.8 Å². The highest BCUT2D eigenvalue weighted by Crippen LogP contribution is 2.31. The third-order valence-corrected chi connectivity index (χ3v) is 5.75. The second kappa shape index (κ2) is 8.05. The Balaban J connectivity index is 1.31. The van der Waals surface area contributed by atoms with Crippen LogP contribution in [0.3, 0.4) is 0 Å². The molecule has 2 aromatic rings. The van der Waals surface area contributed by atoms with Crippen LogP contribution in [0.1, 0.15) is 41.3 Å². The largest absolute Gasteiger partial charge is 0.359 e. The van der Waals surface area contributed by atoms with E-state index in [2.05, 4.69) is 29.3 Å². The van der Waals surface area contributed by atoms with E-state index in [0.29, 0.717) is 19.1 Å². The number of carbonyl (C=O) groups is 2. The van der Waals surface area contributed by atoms with Crippen LogP contribution >= 0.6 is 0 Å². The Kier molecular flexibility index (Phi) is 5.33. The van der Waals surface area contributed by atoms with E-state index in [4.69, 9.17) is 0 Å². The molecule has 28 heavy (non-hydrogen) atoms. The maximum atomic E-state index is 12.5. The molecular formula is C23H27N3O2. The minimum Gasteiger partial charge on any atom is -0.359 e. The van der Waals surface area contributed by atoms with Gasteiger partial charge in [-0.25, -0.2) is 0 Å². The molecule has 2 heterocycles. The molecule has 2 aromatic carbocycles. The summed E-state index contributed by atoms with van der Waals surface area (Å²) in [7, 11) is 0. The molecule has 5 heteroatoms. The zero-order valence-electron chi connectivity index (χ0n) is 16.4. The summed E-state index contributed by atoms with van der Waals surface area (Å²) < 4.78 is 0. The lowest BCUT2D eigenvalue weighted by Crippen LogP contribution is -2.39. The lowest BCUT2D eigenvalue weighted by atomic mass is 10.1. The Labute approximate surface area is 166 Å². The standard InChI is InChI=1S/C23H27N3O2/c1-17-14-20-6-2-3-7-21(20)26(17)16-22(27)24-15-18-8-10-19(11-9-18)23(28)25-12-4-5-13-25/h2-3,6-11,17H,4-5,12-16H2,1H3,(H,24,27)/t17-/m1/s1. The molecule has 4 rings (SSSR count).